The van der Waals surface area contributed by atoms with Gasteiger partial charge in [0.2, 0.25) is 0 Å². The molecule has 0 unspecified atom stereocenters. The summed E-state index contributed by atoms with van der Waals surface area (Å²) in [6, 6.07) is 6.14. The number of thioether (sulfide) groups is 1. The molecule has 1 N–H and O–H groups in total. The quantitative estimate of drug-likeness (QED) is 0.817. The van der Waals surface area contributed by atoms with Crippen LogP contribution in [-0.2, 0) is 0 Å². The lowest BCUT2D eigenvalue weighted by Gasteiger charge is -2.08. The van der Waals surface area contributed by atoms with Crippen molar-refractivity contribution in [2.24, 2.45) is 0 Å². The van der Waals surface area contributed by atoms with Crippen molar-refractivity contribution in [1.82, 2.24) is 0 Å². The summed E-state index contributed by atoms with van der Waals surface area (Å²) in [5.74, 6) is -0.0764. The molecule has 0 heterocycles. The number of benzene rings is 1. The second-order valence-electron chi connectivity index (χ2n) is 2.61. The molecule has 0 aliphatic carbocycles. The second-order valence-corrected chi connectivity index (χ2v) is 3.77. The normalized spacial score (nSPS) is 11.4. The van der Waals surface area contributed by atoms with Gasteiger partial charge in [0, 0.05) is 5.75 Å². The Bertz CT molecular complexity index is 314. The molecule has 0 saturated heterocycles. The van der Waals surface area contributed by atoms with Gasteiger partial charge in [-0.1, -0.05) is 12.1 Å². The number of hydrogen-bond donors (Lipinski definition) is 1. The van der Waals surface area contributed by atoms with Gasteiger partial charge < -0.3 is 9.84 Å². The van der Waals surface area contributed by atoms with Crippen molar-refractivity contribution in [2.75, 3.05) is 12.4 Å². The molecule has 0 aliphatic heterocycles. The maximum absolute atomic E-state index is 11.7. The molecule has 0 bridgehead atoms. The van der Waals surface area contributed by atoms with E-state index in [2.05, 4.69) is 0 Å². The molecule has 1 aromatic carbocycles. The van der Waals surface area contributed by atoms with Crippen LogP contribution < -0.4 is 4.74 Å². The summed E-state index contributed by atoms with van der Waals surface area (Å²) < 4.78 is 40.1. The third-order valence-electron chi connectivity index (χ3n) is 1.47. The summed E-state index contributed by atoms with van der Waals surface area (Å²) in [4.78, 5) is 0. The SMILES string of the molecule is Oc1ccccc1OCCSC(F)(F)F. The van der Waals surface area contributed by atoms with E-state index in [9.17, 15) is 18.3 Å². The minimum Gasteiger partial charge on any atom is -0.504 e. The molecular weight excluding hydrogens is 229 g/mol. The number of phenolic OH excluding ortho intramolecular Hbond substituents is 1. The van der Waals surface area contributed by atoms with Crippen molar-refractivity contribution in [2.45, 2.75) is 5.51 Å². The number of aromatic hydroxyl groups is 1. The molecule has 6 heteroatoms. The number of alkyl halides is 3. The van der Waals surface area contributed by atoms with E-state index in [1.807, 2.05) is 0 Å². The molecule has 0 saturated carbocycles. The summed E-state index contributed by atoms with van der Waals surface area (Å²) in [5, 5.41) is 9.22. The van der Waals surface area contributed by atoms with E-state index in [0.717, 1.165) is 0 Å². The van der Waals surface area contributed by atoms with E-state index in [0.29, 0.717) is 0 Å². The van der Waals surface area contributed by atoms with Crippen LogP contribution in [0.3, 0.4) is 0 Å². The van der Waals surface area contributed by atoms with Gasteiger partial charge in [0.15, 0.2) is 11.5 Å². The van der Waals surface area contributed by atoms with Crippen molar-refractivity contribution in [3.8, 4) is 11.5 Å². The van der Waals surface area contributed by atoms with Crippen LogP contribution in [0.25, 0.3) is 0 Å². The number of rotatable bonds is 4. The van der Waals surface area contributed by atoms with Gasteiger partial charge in [-0.05, 0) is 23.9 Å². The number of phenols is 1. The maximum Gasteiger partial charge on any atom is 0.441 e. The van der Waals surface area contributed by atoms with Crippen molar-refractivity contribution in [3.05, 3.63) is 24.3 Å². The Labute approximate surface area is 89.1 Å². The number of ether oxygens (including phenoxy) is 1. The number of hydrogen-bond acceptors (Lipinski definition) is 3. The Kier molecular flexibility index (Phi) is 4.14. The lowest BCUT2D eigenvalue weighted by Crippen LogP contribution is -2.07. The van der Waals surface area contributed by atoms with Crippen LogP contribution in [0.5, 0.6) is 11.5 Å². The summed E-state index contributed by atoms with van der Waals surface area (Å²) in [5.41, 5.74) is -4.23. The third-order valence-corrected chi connectivity index (χ3v) is 2.17. The monoisotopic (exact) mass is 238 g/mol. The van der Waals surface area contributed by atoms with E-state index >= 15 is 0 Å². The van der Waals surface area contributed by atoms with Crippen LogP contribution in [0.1, 0.15) is 0 Å². The Hall–Kier alpha value is -1.04. The molecule has 0 fully saturated rings. The zero-order valence-electron chi connectivity index (χ0n) is 7.62. The molecule has 0 spiro atoms. The van der Waals surface area contributed by atoms with E-state index in [1.54, 1.807) is 12.1 Å². The highest BCUT2D eigenvalue weighted by molar-refractivity contribution is 8.00. The van der Waals surface area contributed by atoms with Gasteiger partial charge >= 0.3 is 5.51 Å². The van der Waals surface area contributed by atoms with E-state index in [4.69, 9.17) is 4.74 Å². The minimum absolute atomic E-state index is 0.0745. The predicted molar refractivity (Wildman–Crippen MR) is 52.1 cm³/mol. The molecule has 2 nitrogen and oxygen atoms in total. The van der Waals surface area contributed by atoms with Crippen LogP contribution in [-0.4, -0.2) is 23.0 Å². The van der Waals surface area contributed by atoms with Crippen molar-refractivity contribution < 1.29 is 23.0 Å². The van der Waals surface area contributed by atoms with E-state index in [-0.39, 0.29) is 35.6 Å². The fraction of sp³-hybridized carbons (Fsp3) is 0.333. The molecule has 1 aromatic rings. The summed E-state index contributed by atoms with van der Waals surface area (Å²) in [7, 11) is 0. The molecule has 0 radical (unpaired) electrons. The van der Waals surface area contributed by atoms with Gasteiger partial charge in [-0.15, -0.1) is 0 Å². The van der Waals surface area contributed by atoms with Crippen LogP contribution in [0.4, 0.5) is 13.2 Å². The highest BCUT2D eigenvalue weighted by Crippen LogP contribution is 2.30. The molecule has 0 aromatic heterocycles. The van der Waals surface area contributed by atoms with Crippen LogP contribution in [0, 0.1) is 0 Å². The Balaban J connectivity index is 2.30. The van der Waals surface area contributed by atoms with Gasteiger partial charge in [-0.2, -0.15) is 13.2 Å². The molecule has 84 valence electrons. The van der Waals surface area contributed by atoms with Gasteiger partial charge in [-0.3, -0.25) is 0 Å². The minimum atomic E-state index is -4.23. The lowest BCUT2D eigenvalue weighted by atomic mass is 10.3. The fourth-order valence-corrected chi connectivity index (χ4v) is 1.29. The number of para-hydroxylation sites is 2. The first-order chi connectivity index (χ1) is 6.99. The largest absolute Gasteiger partial charge is 0.504 e. The molecule has 1 rings (SSSR count). The van der Waals surface area contributed by atoms with Crippen LogP contribution in [0.2, 0.25) is 0 Å². The second kappa shape index (κ2) is 5.16. The fourth-order valence-electron chi connectivity index (χ4n) is 0.888. The first-order valence-corrected chi connectivity index (χ1v) is 5.09. The lowest BCUT2D eigenvalue weighted by molar-refractivity contribution is -0.0329. The zero-order valence-corrected chi connectivity index (χ0v) is 8.44. The first-order valence-electron chi connectivity index (χ1n) is 4.10. The van der Waals surface area contributed by atoms with Crippen LogP contribution >= 0.6 is 11.8 Å². The zero-order chi connectivity index (χ0) is 11.3. The predicted octanol–water partition coefficient (Wildman–Crippen LogP) is 3.02. The van der Waals surface area contributed by atoms with Gasteiger partial charge in [0.1, 0.15) is 0 Å². The van der Waals surface area contributed by atoms with Crippen molar-refractivity contribution in [1.29, 1.82) is 0 Å². The third kappa shape index (κ3) is 4.83. The average Bonchev–Trinajstić information content (AvgIpc) is 2.13. The van der Waals surface area contributed by atoms with Crippen LogP contribution in [0.15, 0.2) is 24.3 Å². The highest BCUT2D eigenvalue weighted by atomic mass is 32.2. The van der Waals surface area contributed by atoms with Crippen molar-refractivity contribution in [3.63, 3.8) is 0 Å². The summed E-state index contributed by atoms with van der Waals surface area (Å²) in [6.45, 7) is -0.0955. The van der Waals surface area contributed by atoms with Crippen molar-refractivity contribution >= 4 is 11.8 Å². The standard InChI is InChI=1S/C9H9F3O2S/c10-9(11,12)15-6-5-14-8-4-2-1-3-7(8)13/h1-4,13H,5-6H2. The molecule has 0 aliphatic rings. The molecule has 0 amide bonds. The highest BCUT2D eigenvalue weighted by Gasteiger charge is 2.27. The van der Waals surface area contributed by atoms with E-state index < -0.39 is 5.51 Å². The Morgan fingerprint density at radius 3 is 2.53 bits per heavy atom. The maximum atomic E-state index is 11.7. The molecular formula is C9H9F3O2S. The molecule has 0 atom stereocenters. The smallest absolute Gasteiger partial charge is 0.441 e. The van der Waals surface area contributed by atoms with Gasteiger partial charge in [0.05, 0.1) is 6.61 Å². The number of halogens is 3. The van der Waals surface area contributed by atoms with Gasteiger partial charge in [0.25, 0.3) is 0 Å². The average molecular weight is 238 g/mol. The summed E-state index contributed by atoms with van der Waals surface area (Å²) >= 11 is -0.148. The summed E-state index contributed by atoms with van der Waals surface area (Å²) in [6.07, 6.45) is 0. The topological polar surface area (TPSA) is 29.5 Å². The van der Waals surface area contributed by atoms with E-state index in [1.165, 1.54) is 12.1 Å². The van der Waals surface area contributed by atoms with Gasteiger partial charge in [-0.25, -0.2) is 0 Å². The Morgan fingerprint density at radius 2 is 1.93 bits per heavy atom. The first kappa shape index (κ1) is 12.0. The molecule has 15 heavy (non-hydrogen) atoms. The Morgan fingerprint density at radius 1 is 1.27 bits per heavy atom.